The number of amidine groups is 1. The van der Waals surface area contributed by atoms with E-state index in [4.69, 9.17) is 10.00 Å². The lowest BCUT2D eigenvalue weighted by molar-refractivity contribution is -0.129. The van der Waals surface area contributed by atoms with Gasteiger partial charge in [0.1, 0.15) is 11.8 Å². The fourth-order valence-corrected chi connectivity index (χ4v) is 3.39. The minimum atomic E-state index is -0.162. The molecule has 5 nitrogen and oxygen atoms in total. The molecule has 1 saturated heterocycles. The fourth-order valence-electron chi connectivity index (χ4n) is 2.42. The summed E-state index contributed by atoms with van der Waals surface area (Å²) in [6.07, 6.45) is 0. The molecule has 1 amide bonds. The summed E-state index contributed by atoms with van der Waals surface area (Å²) < 4.78 is 5.55. The van der Waals surface area contributed by atoms with Crippen LogP contribution in [-0.4, -0.2) is 34.9 Å². The van der Waals surface area contributed by atoms with E-state index in [1.54, 1.807) is 40.9 Å². The van der Waals surface area contributed by atoms with Crippen molar-refractivity contribution in [3.63, 3.8) is 0 Å². The molecule has 1 aliphatic heterocycles. The number of nitriles is 1. The molecule has 0 atom stereocenters. The van der Waals surface area contributed by atoms with Crippen LogP contribution in [0.15, 0.2) is 53.5 Å². The van der Waals surface area contributed by atoms with Crippen molar-refractivity contribution in [2.75, 3.05) is 18.9 Å². The molecule has 1 heterocycles. The van der Waals surface area contributed by atoms with Crippen LogP contribution in [0.4, 0.5) is 5.69 Å². The van der Waals surface area contributed by atoms with Crippen LogP contribution < -0.4 is 4.74 Å². The van der Waals surface area contributed by atoms with Crippen LogP contribution in [0.5, 0.6) is 5.75 Å². The Balaban J connectivity index is 1.71. The lowest BCUT2D eigenvalue weighted by Gasteiger charge is -2.16. The van der Waals surface area contributed by atoms with Crippen LogP contribution in [0.25, 0.3) is 0 Å². The molecule has 1 aliphatic rings. The smallest absolute Gasteiger partial charge is 0.266 e. The Hall–Kier alpha value is -2.78. The van der Waals surface area contributed by atoms with Gasteiger partial charge in [0, 0.05) is 12.3 Å². The van der Waals surface area contributed by atoms with E-state index >= 15 is 0 Å². The summed E-state index contributed by atoms with van der Waals surface area (Å²) in [5, 5.41) is 9.77. The molecule has 0 saturated carbocycles. The maximum atomic E-state index is 12.5. The molecular weight excluding hydrogens is 334 g/mol. The zero-order valence-electron chi connectivity index (χ0n) is 13.8. The summed E-state index contributed by atoms with van der Waals surface area (Å²) in [6, 6.07) is 16.8. The van der Waals surface area contributed by atoms with E-state index < -0.39 is 0 Å². The van der Waals surface area contributed by atoms with Gasteiger partial charge in [0.25, 0.3) is 5.91 Å². The molecule has 25 heavy (non-hydrogen) atoms. The monoisotopic (exact) mass is 351 g/mol. The number of amides is 1. The van der Waals surface area contributed by atoms with Crippen LogP contribution in [0.3, 0.4) is 0 Å². The maximum Gasteiger partial charge on any atom is 0.266 e. The van der Waals surface area contributed by atoms with Gasteiger partial charge in [0.15, 0.2) is 11.8 Å². The van der Waals surface area contributed by atoms with E-state index in [1.165, 1.54) is 0 Å². The topological polar surface area (TPSA) is 65.7 Å². The molecule has 2 aromatic rings. The Morgan fingerprint density at radius 2 is 2.04 bits per heavy atom. The first kappa shape index (κ1) is 17.1. The molecule has 6 heteroatoms. The summed E-state index contributed by atoms with van der Waals surface area (Å²) in [5.41, 5.74) is 2.34. The minimum Gasteiger partial charge on any atom is -0.482 e. The van der Waals surface area contributed by atoms with Crippen molar-refractivity contribution < 1.29 is 9.53 Å². The highest BCUT2D eigenvalue weighted by atomic mass is 32.2. The van der Waals surface area contributed by atoms with Gasteiger partial charge >= 0.3 is 0 Å². The van der Waals surface area contributed by atoms with Crippen LogP contribution in [-0.2, 0) is 4.79 Å². The standard InChI is InChI=1S/C19H17N3O2S/c1-14-6-2-4-8-16(14)21-19-22(10-11-25-19)18(23)13-24-17-9-5-3-7-15(17)12-20/h2-9H,10-11,13H2,1H3. The van der Waals surface area contributed by atoms with Crippen molar-refractivity contribution in [1.29, 1.82) is 5.26 Å². The number of para-hydroxylation sites is 2. The van der Waals surface area contributed by atoms with Gasteiger partial charge < -0.3 is 4.74 Å². The van der Waals surface area contributed by atoms with Crippen molar-refractivity contribution in [2.45, 2.75) is 6.92 Å². The molecule has 3 rings (SSSR count). The van der Waals surface area contributed by atoms with Crippen molar-refractivity contribution >= 4 is 28.5 Å². The Morgan fingerprint density at radius 1 is 1.28 bits per heavy atom. The van der Waals surface area contributed by atoms with Crippen molar-refractivity contribution in [3.05, 3.63) is 59.7 Å². The number of aryl methyl sites for hydroxylation is 1. The average molecular weight is 351 g/mol. The summed E-state index contributed by atoms with van der Waals surface area (Å²) in [7, 11) is 0. The number of thioether (sulfide) groups is 1. The Kier molecular flexibility index (Phi) is 5.36. The summed E-state index contributed by atoms with van der Waals surface area (Å²) in [5.74, 6) is 1.07. The lowest BCUT2D eigenvalue weighted by atomic mass is 10.2. The molecule has 0 aliphatic carbocycles. The van der Waals surface area contributed by atoms with Gasteiger partial charge in [-0.15, -0.1) is 0 Å². The van der Waals surface area contributed by atoms with E-state index in [9.17, 15) is 4.79 Å². The van der Waals surface area contributed by atoms with Gasteiger partial charge in [-0.05, 0) is 30.7 Å². The van der Waals surface area contributed by atoms with Crippen LogP contribution in [0, 0.1) is 18.3 Å². The zero-order chi connectivity index (χ0) is 17.6. The normalized spacial score (nSPS) is 15.2. The van der Waals surface area contributed by atoms with Crippen LogP contribution in [0.2, 0.25) is 0 Å². The van der Waals surface area contributed by atoms with Gasteiger partial charge in [-0.3, -0.25) is 9.69 Å². The molecule has 0 radical (unpaired) electrons. The van der Waals surface area contributed by atoms with E-state index in [-0.39, 0.29) is 12.5 Å². The Labute approximate surface area is 150 Å². The highest BCUT2D eigenvalue weighted by molar-refractivity contribution is 8.14. The second-order valence-corrected chi connectivity index (χ2v) is 6.53. The lowest BCUT2D eigenvalue weighted by Crippen LogP contribution is -2.35. The third kappa shape index (κ3) is 4.01. The molecule has 0 spiro atoms. The second kappa shape index (κ2) is 7.86. The second-order valence-electron chi connectivity index (χ2n) is 5.47. The minimum absolute atomic E-state index is 0.119. The molecule has 0 aromatic heterocycles. The number of benzene rings is 2. The van der Waals surface area contributed by atoms with Crippen LogP contribution >= 0.6 is 11.8 Å². The molecule has 0 N–H and O–H groups in total. The number of hydrogen-bond acceptors (Lipinski definition) is 5. The first-order valence-corrected chi connectivity index (χ1v) is 8.87. The Morgan fingerprint density at radius 3 is 2.84 bits per heavy atom. The first-order chi connectivity index (χ1) is 12.2. The van der Waals surface area contributed by atoms with Gasteiger partial charge in [-0.1, -0.05) is 42.1 Å². The molecule has 0 bridgehead atoms. The largest absolute Gasteiger partial charge is 0.482 e. The number of carbonyl (C=O) groups excluding carboxylic acids is 1. The van der Waals surface area contributed by atoms with Gasteiger partial charge in [-0.2, -0.15) is 5.26 Å². The Bertz CT molecular complexity index is 858. The average Bonchev–Trinajstić information content (AvgIpc) is 3.10. The predicted octanol–water partition coefficient (Wildman–Crippen LogP) is 3.51. The molecule has 2 aromatic carbocycles. The van der Waals surface area contributed by atoms with Crippen molar-refractivity contribution in [1.82, 2.24) is 4.90 Å². The molecule has 0 unspecified atom stereocenters. The third-order valence-electron chi connectivity index (χ3n) is 3.77. The maximum absolute atomic E-state index is 12.5. The van der Waals surface area contributed by atoms with E-state index in [0.717, 1.165) is 17.0 Å². The molecule has 1 fully saturated rings. The number of carbonyl (C=O) groups is 1. The predicted molar refractivity (Wildman–Crippen MR) is 99.1 cm³/mol. The van der Waals surface area contributed by atoms with Gasteiger partial charge in [-0.25, -0.2) is 4.99 Å². The zero-order valence-corrected chi connectivity index (χ0v) is 14.6. The highest BCUT2D eigenvalue weighted by Gasteiger charge is 2.26. The number of hydrogen-bond donors (Lipinski definition) is 0. The fraction of sp³-hybridized carbons (Fsp3) is 0.211. The van der Waals surface area contributed by atoms with Gasteiger partial charge in [0.2, 0.25) is 0 Å². The number of nitrogens with zero attached hydrogens (tertiary/aromatic N) is 3. The number of rotatable bonds is 4. The van der Waals surface area contributed by atoms with Gasteiger partial charge in [0.05, 0.1) is 11.3 Å². The SMILES string of the molecule is Cc1ccccc1N=C1SCCN1C(=O)COc1ccccc1C#N. The molecular formula is C19H17N3O2S. The van der Waals surface area contributed by atoms with E-state index in [0.29, 0.717) is 23.0 Å². The van der Waals surface area contributed by atoms with Crippen molar-refractivity contribution in [2.24, 2.45) is 4.99 Å². The number of ether oxygens (including phenoxy) is 1. The van der Waals surface area contributed by atoms with E-state index in [2.05, 4.69) is 11.1 Å². The van der Waals surface area contributed by atoms with Crippen LogP contribution in [0.1, 0.15) is 11.1 Å². The summed E-state index contributed by atoms with van der Waals surface area (Å²) >= 11 is 1.56. The van der Waals surface area contributed by atoms with E-state index in [1.807, 2.05) is 31.2 Å². The number of aliphatic imine (C=N–C) groups is 1. The highest BCUT2D eigenvalue weighted by Crippen LogP contribution is 2.25. The summed E-state index contributed by atoms with van der Waals surface area (Å²) in [4.78, 5) is 18.8. The quantitative estimate of drug-likeness (QED) is 0.845. The summed E-state index contributed by atoms with van der Waals surface area (Å²) in [6.45, 7) is 2.48. The third-order valence-corrected chi connectivity index (χ3v) is 4.72. The molecule has 126 valence electrons. The first-order valence-electron chi connectivity index (χ1n) is 7.88. The van der Waals surface area contributed by atoms with Crippen molar-refractivity contribution in [3.8, 4) is 11.8 Å².